The quantitative estimate of drug-likeness (QED) is 0.886. The number of hydrogen-bond donors (Lipinski definition) is 1. The fourth-order valence-electron chi connectivity index (χ4n) is 2.86. The predicted molar refractivity (Wildman–Crippen MR) is 84.1 cm³/mol. The van der Waals surface area contributed by atoms with Gasteiger partial charge in [-0.15, -0.1) is 0 Å². The lowest BCUT2D eigenvalue weighted by atomic mass is 9.78. The number of ether oxygens (including phenoxy) is 2. The van der Waals surface area contributed by atoms with Crippen LogP contribution in [0.4, 0.5) is 0 Å². The first kappa shape index (κ1) is 14.0. The van der Waals surface area contributed by atoms with Gasteiger partial charge in [-0.25, -0.2) is 0 Å². The second-order valence-corrected chi connectivity index (χ2v) is 5.43. The molecule has 1 aliphatic rings. The van der Waals surface area contributed by atoms with Crippen LogP contribution in [0.5, 0.6) is 11.5 Å². The number of methoxy groups -OCH3 is 1. The molecule has 0 saturated heterocycles. The van der Waals surface area contributed by atoms with Gasteiger partial charge in [0, 0.05) is 5.92 Å². The predicted octanol–water partition coefficient (Wildman–Crippen LogP) is 2.92. The SMILES string of the molecule is COc1ccc(CCN)cc1OCC1Cc2ccccc21. The van der Waals surface area contributed by atoms with Crippen molar-refractivity contribution in [1.29, 1.82) is 0 Å². The van der Waals surface area contributed by atoms with Crippen molar-refractivity contribution < 1.29 is 9.47 Å². The second-order valence-electron chi connectivity index (χ2n) is 5.43. The first-order valence-electron chi connectivity index (χ1n) is 7.39. The van der Waals surface area contributed by atoms with Crippen molar-refractivity contribution in [1.82, 2.24) is 0 Å². The molecule has 0 aromatic heterocycles. The monoisotopic (exact) mass is 283 g/mol. The molecule has 0 bridgehead atoms. The van der Waals surface area contributed by atoms with Crippen molar-refractivity contribution in [2.75, 3.05) is 20.3 Å². The van der Waals surface area contributed by atoms with Crippen LogP contribution in [-0.2, 0) is 12.8 Å². The Morgan fingerprint density at radius 3 is 2.76 bits per heavy atom. The average molecular weight is 283 g/mol. The molecule has 1 unspecified atom stereocenters. The number of hydrogen-bond acceptors (Lipinski definition) is 3. The van der Waals surface area contributed by atoms with Crippen LogP contribution in [0.1, 0.15) is 22.6 Å². The van der Waals surface area contributed by atoms with Gasteiger partial charge < -0.3 is 15.2 Å². The minimum atomic E-state index is 0.490. The molecular formula is C18H21NO2. The van der Waals surface area contributed by atoms with Crippen molar-refractivity contribution >= 4 is 0 Å². The normalized spacial score (nSPS) is 16.0. The molecule has 110 valence electrons. The van der Waals surface area contributed by atoms with E-state index in [0.29, 0.717) is 19.1 Å². The summed E-state index contributed by atoms with van der Waals surface area (Å²) in [5.41, 5.74) is 9.65. The van der Waals surface area contributed by atoms with Gasteiger partial charge in [0.1, 0.15) is 0 Å². The van der Waals surface area contributed by atoms with Crippen LogP contribution in [-0.4, -0.2) is 20.3 Å². The fourth-order valence-corrected chi connectivity index (χ4v) is 2.86. The summed E-state index contributed by atoms with van der Waals surface area (Å²) in [6, 6.07) is 14.6. The highest BCUT2D eigenvalue weighted by Gasteiger charge is 2.26. The fraction of sp³-hybridized carbons (Fsp3) is 0.333. The number of rotatable bonds is 6. The summed E-state index contributed by atoms with van der Waals surface area (Å²) in [5.74, 6) is 2.08. The summed E-state index contributed by atoms with van der Waals surface area (Å²) in [6.07, 6.45) is 1.95. The molecule has 3 rings (SSSR count). The molecule has 1 atom stereocenters. The van der Waals surface area contributed by atoms with E-state index < -0.39 is 0 Å². The van der Waals surface area contributed by atoms with Gasteiger partial charge in [0.25, 0.3) is 0 Å². The van der Waals surface area contributed by atoms with Crippen molar-refractivity contribution in [2.24, 2.45) is 5.73 Å². The number of benzene rings is 2. The van der Waals surface area contributed by atoms with E-state index in [9.17, 15) is 0 Å². The molecule has 3 heteroatoms. The first-order valence-corrected chi connectivity index (χ1v) is 7.39. The highest BCUT2D eigenvalue weighted by molar-refractivity contribution is 5.44. The van der Waals surface area contributed by atoms with Crippen LogP contribution in [0.2, 0.25) is 0 Å². The zero-order chi connectivity index (χ0) is 14.7. The topological polar surface area (TPSA) is 44.5 Å². The highest BCUT2D eigenvalue weighted by Crippen LogP contribution is 2.36. The van der Waals surface area contributed by atoms with Crippen LogP contribution in [0.15, 0.2) is 42.5 Å². The summed E-state index contributed by atoms with van der Waals surface area (Å²) >= 11 is 0. The van der Waals surface area contributed by atoms with Crippen LogP contribution < -0.4 is 15.2 Å². The molecule has 1 aliphatic carbocycles. The summed E-state index contributed by atoms with van der Waals surface area (Å²) < 4.78 is 11.4. The van der Waals surface area contributed by atoms with E-state index in [2.05, 4.69) is 24.3 Å². The maximum absolute atomic E-state index is 6.01. The van der Waals surface area contributed by atoms with E-state index in [0.717, 1.165) is 24.3 Å². The summed E-state index contributed by atoms with van der Waals surface area (Å²) in [4.78, 5) is 0. The smallest absolute Gasteiger partial charge is 0.161 e. The van der Waals surface area contributed by atoms with Gasteiger partial charge in [-0.1, -0.05) is 30.3 Å². The minimum Gasteiger partial charge on any atom is -0.493 e. The Kier molecular flexibility index (Phi) is 4.11. The zero-order valence-electron chi connectivity index (χ0n) is 12.3. The third-order valence-electron chi connectivity index (χ3n) is 4.06. The van der Waals surface area contributed by atoms with Crippen molar-refractivity contribution in [2.45, 2.75) is 18.8 Å². The van der Waals surface area contributed by atoms with E-state index in [1.54, 1.807) is 7.11 Å². The van der Waals surface area contributed by atoms with Gasteiger partial charge >= 0.3 is 0 Å². The van der Waals surface area contributed by atoms with Gasteiger partial charge in [0.2, 0.25) is 0 Å². The molecule has 0 aliphatic heterocycles. The van der Waals surface area contributed by atoms with Crippen molar-refractivity contribution in [3.05, 3.63) is 59.2 Å². The number of fused-ring (bicyclic) bond motifs is 1. The Balaban J connectivity index is 1.69. The molecule has 0 radical (unpaired) electrons. The van der Waals surface area contributed by atoms with Crippen LogP contribution in [0.25, 0.3) is 0 Å². The van der Waals surface area contributed by atoms with Crippen LogP contribution in [0.3, 0.4) is 0 Å². The summed E-state index contributed by atoms with van der Waals surface area (Å²) in [6.45, 7) is 1.33. The molecule has 0 spiro atoms. The van der Waals surface area contributed by atoms with Crippen molar-refractivity contribution in [3.8, 4) is 11.5 Å². The van der Waals surface area contributed by atoms with Gasteiger partial charge in [-0.05, 0) is 48.2 Å². The van der Waals surface area contributed by atoms with Gasteiger partial charge in [-0.2, -0.15) is 0 Å². The molecular weight excluding hydrogens is 262 g/mol. The average Bonchev–Trinajstić information content (AvgIpc) is 2.49. The van der Waals surface area contributed by atoms with Gasteiger partial charge in [-0.3, -0.25) is 0 Å². The molecule has 2 aromatic carbocycles. The molecule has 0 saturated carbocycles. The minimum absolute atomic E-state index is 0.490. The Morgan fingerprint density at radius 1 is 1.14 bits per heavy atom. The highest BCUT2D eigenvalue weighted by atomic mass is 16.5. The lowest BCUT2D eigenvalue weighted by molar-refractivity contribution is 0.260. The van der Waals surface area contributed by atoms with E-state index >= 15 is 0 Å². The molecule has 2 N–H and O–H groups in total. The standard InChI is InChI=1S/C18H21NO2/c1-20-17-7-6-13(8-9-19)10-18(17)21-12-15-11-14-4-2-3-5-16(14)15/h2-7,10,15H,8-9,11-12,19H2,1H3. The lowest BCUT2D eigenvalue weighted by Crippen LogP contribution is -2.23. The van der Waals surface area contributed by atoms with Crippen molar-refractivity contribution in [3.63, 3.8) is 0 Å². The largest absolute Gasteiger partial charge is 0.493 e. The molecule has 0 amide bonds. The third kappa shape index (κ3) is 2.88. The third-order valence-corrected chi connectivity index (χ3v) is 4.06. The Morgan fingerprint density at radius 2 is 2.00 bits per heavy atom. The van der Waals surface area contributed by atoms with E-state index in [-0.39, 0.29) is 0 Å². The molecule has 0 fully saturated rings. The van der Waals surface area contributed by atoms with E-state index in [1.807, 2.05) is 18.2 Å². The zero-order valence-corrected chi connectivity index (χ0v) is 12.3. The molecule has 0 heterocycles. The molecule has 3 nitrogen and oxygen atoms in total. The van der Waals surface area contributed by atoms with Gasteiger partial charge in [0.05, 0.1) is 13.7 Å². The number of nitrogens with two attached hydrogens (primary N) is 1. The second kappa shape index (κ2) is 6.19. The Labute approximate surface area is 125 Å². The van der Waals surface area contributed by atoms with Crippen LogP contribution in [0, 0.1) is 0 Å². The lowest BCUT2D eigenvalue weighted by Gasteiger charge is -2.30. The van der Waals surface area contributed by atoms with E-state index in [1.165, 1.54) is 16.7 Å². The molecule has 2 aromatic rings. The van der Waals surface area contributed by atoms with Crippen LogP contribution >= 0.6 is 0 Å². The maximum Gasteiger partial charge on any atom is 0.161 e. The first-order chi connectivity index (χ1) is 10.3. The molecule has 21 heavy (non-hydrogen) atoms. The Bertz CT molecular complexity index is 624. The summed E-state index contributed by atoms with van der Waals surface area (Å²) in [5, 5.41) is 0. The summed E-state index contributed by atoms with van der Waals surface area (Å²) in [7, 11) is 1.67. The maximum atomic E-state index is 6.01. The van der Waals surface area contributed by atoms with E-state index in [4.69, 9.17) is 15.2 Å². The van der Waals surface area contributed by atoms with Gasteiger partial charge in [0.15, 0.2) is 11.5 Å². The Hall–Kier alpha value is -2.00.